The Bertz CT molecular complexity index is 283. The van der Waals surface area contributed by atoms with Crippen LogP contribution in [0.3, 0.4) is 0 Å². The van der Waals surface area contributed by atoms with Gasteiger partial charge in [0.25, 0.3) is 0 Å². The van der Waals surface area contributed by atoms with E-state index < -0.39 is 0 Å². The second-order valence-electron chi connectivity index (χ2n) is 1.76. The fraction of sp³-hybridized carbons (Fsp3) is 0. The van der Waals surface area contributed by atoms with Gasteiger partial charge < -0.3 is 4.42 Å². The Kier molecular flexibility index (Phi) is 0.803. The number of fused-ring (bicyclic) bond motifs is 1. The highest BCUT2D eigenvalue weighted by atomic mass is 16.3. The van der Waals surface area contributed by atoms with Gasteiger partial charge in [-0.1, -0.05) is 0 Å². The summed E-state index contributed by atoms with van der Waals surface area (Å²) in [4.78, 5) is 3.77. The molecule has 0 amide bonds. The summed E-state index contributed by atoms with van der Waals surface area (Å²) in [7, 11) is 0. The van der Waals surface area contributed by atoms with Gasteiger partial charge in [0.1, 0.15) is 6.20 Å². The van der Waals surface area contributed by atoms with E-state index in [-0.39, 0.29) is 0 Å². The van der Waals surface area contributed by atoms with E-state index in [2.05, 4.69) is 11.2 Å². The first kappa shape index (κ1) is 4.56. The minimum Gasteiger partial charge on any atom is -0.462 e. The summed E-state index contributed by atoms with van der Waals surface area (Å²) in [5.74, 6) is 0. The van der Waals surface area contributed by atoms with Gasteiger partial charge in [-0.15, -0.1) is 0 Å². The Hall–Kier alpha value is -1.31. The fourth-order valence-corrected chi connectivity index (χ4v) is 0.755. The molecule has 2 heterocycles. The van der Waals surface area contributed by atoms with Crippen LogP contribution >= 0.6 is 0 Å². The molecular weight excluding hydrogens is 114 g/mol. The molecule has 2 aromatic rings. The van der Waals surface area contributed by atoms with E-state index in [4.69, 9.17) is 4.42 Å². The minimum atomic E-state index is 0.720. The third-order valence-electron chi connectivity index (χ3n) is 1.19. The van der Waals surface area contributed by atoms with E-state index in [1.165, 1.54) is 0 Å². The maximum Gasteiger partial charge on any atom is 0.161 e. The van der Waals surface area contributed by atoms with Crippen LogP contribution in [0.4, 0.5) is 0 Å². The fourth-order valence-electron chi connectivity index (χ4n) is 0.755. The van der Waals surface area contributed by atoms with Gasteiger partial charge in [-0.2, -0.15) is 0 Å². The zero-order valence-electron chi connectivity index (χ0n) is 4.66. The average molecular weight is 118 g/mol. The molecule has 0 fully saturated rings. The van der Waals surface area contributed by atoms with Crippen molar-refractivity contribution in [1.29, 1.82) is 0 Å². The highest BCUT2D eigenvalue weighted by molar-refractivity contribution is 5.74. The molecule has 0 aliphatic carbocycles. The van der Waals surface area contributed by atoms with Crippen molar-refractivity contribution >= 4 is 11.0 Å². The summed E-state index contributed by atoms with van der Waals surface area (Å²) in [5.41, 5.74) is 0.720. The molecule has 9 heavy (non-hydrogen) atoms. The molecule has 0 saturated heterocycles. The van der Waals surface area contributed by atoms with Gasteiger partial charge >= 0.3 is 0 Å². The molecule has 0 aliphatic rings. The largest absolute Gasteiger partial charge is 0.462 e. The van der Waals surface area contributed by atoms with Crippen LogP contribution in [0, 0.1) is 6.20 Å². The lowest BCUT2D eigenvalue weighted by Gasteiger charge is -1.79. The van der Waals surface area contributed by atoms with Crippen LogP contribution in [-0.2, 0) is 0 Å². The quantitative estimate of drug-likeness (QED) is 0.525. The Morgan fingerprint density at radius 2 is 2.44 bits per heavy atom. The van der Waals surface area contributed by atoms with E-state index in [1.54, 1.807) is 12.5 Å². The summed E-state index contributed by atoms with van der Waals surface area (Å²) in [6.07, 6.45) is 6.03. The van der Waals surface area contributed by atoms with Crippen molar-refractivity contribution in [1.82, 2.24) is 4.98 Å². The number of hydrogen-bond acceptors (Lipinski definition) is 2. The molecule has 0 atom stereocenters. The number of pyridine rings is 1. The second-order valence-corrected chi connectivity index (χ2v) is 1.76. The molecule has 0 unspecified atom stereocenters. The molecule has 0 N–H and O–H groups in total. The summed E-state index contributed by atoms with van der Waals surface area (Å²) in [6.45, 7) is 0. The molecule has 0 spiro atoms. The first-order chi connectivity index (χ1) is 4.47. The standard InChI is InChI=1S/C7H4NO/c1-3-8-5-7-6(1)2-4-9-7/h1-4H. The monoisotopic (exact) mass is 118 g/mol. The first-order valence-electron chi connectivity index (χ1n) is 2.67. The predicted molar refractivity (Wildman–Crippen MR) is 32.8 cm³/mol. The van der Waals surface area contributed by atoms with Crippen LogP contribution in [0.2, 0.25) is 0 Å². The van der Waals surface area contributed by atoms with Crippen molar-refractivity contribution in [3.63, 3.8) is 0 Å². The molecule has 2 aromatic heterocycles. The van der Waals surface area contributed by atoms with Crippen molar-refractivity contribution in [2.45, 2.75) is 0 Å². The van der Waals surface area contributed by atoms with Gasteiger partial charge in [0, 0.05) is 11.6 Å². The van der Waals surface area contributed by atoms with Crippen LogP contribution < -0.4 is 0 Å². The minimum absolute atomic E-state index is 0.720. The third kappa shape index (κ3) is 0.598. The maximum atomic E-state index is 5.00. The predicted octanol–water partition coefficient (Wildman–Crippen LogP) is 1.63. The van der Waals surface area contributed by atoms with Gasteiger partial charge in [-0.05, 0) is 12.1 Å². The van der Waals surface area contributed by atoms with Crippen LogP contribution in [-0.4, -0.2) is 4.98 Å². The van der Waals surface area contributed by atoms with Crippen LogP contribution in [0.1, 0.15) is 0 Å². The van der Waals surface area contributed by atoms with Crippen LogP contribution in [0.25, 0.3) is 11.0 Å². The highest BCUT2D eigenvalue weighted by Gasteiger charge is 1.91. The Balaban J connectivity index is 2.95. The first-order valence-corrected chi connectivity index (χ1v) is 2.67. The van der Waals surface area contributed by atoms with Gasteiger partial charge in [-0.3, -0.25) is 4.98 Å². The molecule has 0 saturated carbocycles. The van der Waals surface area contributed by atoms with Gasteiger partial charge in [0.2, 0.25) is 0 Å². The normalized spacial score (nSPS) is 10.2. The Morgan fingerprint density at radius 3 is 3.33 bits per heavy atom. The second kappa shape index (κ2) is 1.58. The lowest BCUT2D eigenvalue weighted by molar-refractivity contribution is 0.613. The smallest absolute Gasteiger partial charge is 0.161 e. The lowest BCUT2D eigenvalue weighted by atomic mass is 10.3. The summed E-state index contributed by atoms with van der Waals surface area (Å²) < 4.78 is 5.00. The average Bonchev–Trinajstić information content (AvgIpc) is 2.33. The van der Waals surface area contributed by atoms with E-state index in [1.807, 2.05) is 12.1 Å². The number of rotatable bonds is 0. The number of nitrogens with zero attached hydrogens (tertiary/aromatic N) is 1. The van der Waals surface area contributed by atoms with E-state index in [9.17, 15) is 0 Å². The summed E-state index contributed by atoms with van der Waals surface area (Å²) >= 11 is 0. The number of hydrogen-bond donors (Lipinski definition) is 0. The molecule has 43 valence electrons. The maximum absolute atomic E-state index is 5.00. The number of furan rings is 1. The molecule has 2 rings (SSSR count). The zero-order chi connectivity index (χ0) is 6.10. The molecule has 0 aromatic carbocycles. The zero-order valence-corrected chi connectivity index (χ0v) is 4.66. The summed E-state index contributed by atoms with van der Waals surface area (Å²) in [5, 5.41) is 1.05. The molecule has 2 heteroatoms. The third-order valence-corrected chi connectivity index (χ3v) is 1.19. The number of aromatic nitrogens is 1. The Morgan fingerprint density at radius 1 is 1.44 bits per heavy atom. The lowest BCUT2D eigenvalue weighted by Crippen LogP contribution is -1.66. The molecule has 1 radical (unpaired) electrons. The van der Waals surface area contributed by atoms with Crippen molar-refractivity contribution in [3.05, 3.63) is 30.8 Å². The topological polar surface area (TPSA) is 26.0 Å². The molecular formula is C7H4NO. The van der Waals surface area contributed by atoms with Crippen LogP contribution in [0.15, 0.2) is 29.0 Å². The summed E-state index contributed by atoms with van der Waals surface area (Å²) in [6, 6.07) is 3.77. The SMILES string of the molecule is [c]1nccc2ccoc12. The Labute approximate surface area is 52.1 Å². The van der Waals surface area contributed by atoms with Crippen molar-refractivity contribution < 1.29 is 4.42 Å². The highest BCUT2D eigenvalue weighted by Crippen LogP contribution is 2.10. The van der Waals surface area contributed by atoms with Crippen molar-refractivity contribution in [2.24, 2.45) is 0 Å². The van der Waals surface area contributed by atoms with Gasteiger partial charge in [0.15, 0.2) is 5.58 Å². The molecule has 2 nitrogen and oxygen atoms in total. The molecule has 0 bridgehead atoms. The van der Waals surface area contributed by atoms with Gasteiger partial charge in [0.05, 0.1) is 6.26 Å². The van der Waals surface area contributed by atoms with E-state index in [0.29, 0.717) is 0 Å². The van der Waals surface area contributed by atoms with Gasteiger partial charge in [-0.25, -0.2) is 0 Å². The van der Waals surface area contributed by atoms with Crippen LogP contribution in [0.5, 0.6) is 0 Å². The molecule has 0 aliphatic heterocycles. The van der Waals surface area contributed by atoms with E-state index in [0.717, 1.165) is 11.0 Å². The van der Waals surface area contributed by atoms with Crippen molar-refractivity contribution in [3.8, 4) is 0 Å². The van der Waals surface area contributed by atoms with Crippen molar-refractivity contribution in [2.75, 3.05) is 0 Å². The van der Waals surface area contributed by atoms with E-state index >= 15 is 0 Å².